The maximum absolute atomic E-state index is 9.92. The van der Waals surface area contributed by atoms with Crippen LogP contribution in [0.2, 0.25) is 0 Å². The Bertz CT molecular complexity index is 232. The average Bonchev–Trinajstić information content (AvgIpc) is 2.59. The molecule has 2 unspecified atom stereocenters. The van der Waals surface area contributed by atoms with Crippen LogP contribution < -0.4 is 0 Å². The van der Waals surface area contributed by atoms with E-state index in [1.54, 1.807) is 0 Å². The van der Waals surface area contributed by atoms with Crippen molar-refractivity contribution in [1.82, 2.24) is 0 Å². The summed E-state index contributed by atoms with van der Waals surface area (Å²) in [6.07, 6.45) is 23.2. The Morgan fingerprint density at radius 3 is 1.33 bits per heavy atom. The number of unbranched alkanes of at least 4 members (excludes halogenated alkanes) is 14. The van der Waals surface area contributed by atoms with E-state index < -0.39 is 0 Å². The Morgan fingerprint density at radius 1 is 0.542 bits per heavy atom. The van der Waals surface area contributed by atoms with E-state index in [9.17, 15) is 5.11 Å². The SMILES string of the molecule is CCCCCCCCCCCCCCCCC(Cl)C(O)CCCC. The molecule has 0 heterocycles. The number of aliphatic hydroxyl groups is 1. The number of hydrogen-bond donors (Lipinski definition) is 1. The molecule has 146 valence electrons. The van der Waals surface area contributed by atoms with Crippen LogP contribution >= 0.6 is 11.6 Å². The van der Waals surface area contributed by atoms with E-state index in [0.29, 0.717) is 0 Å². The second-order valence-electron chi connectivity index (χ2n) is 7.61. The molecule has 0 aromatic rings. The molecule has 2 heteroatoms. The molecule has 0 aliphatic carbocycles. The first-order chi connectivity index (χ1) is 11.7. The summed E-state index contributed by atoms with van der Waals surface area (Å²) in [7, 11) is 0. The van der Waals surface area contributed by atoms with Gasteiger partial charge in [0.25, 0.3) is 0 Å². The van der Waals surface area contributed by atoms with Crippen molar-refractivity contribution < 1.29 is 5.11 Å². The third-order valence-corrected chi connectivity index (χ3v) is 5.61. The molecular weight excluding hydrogens is 316 g/mol. The minimum absolute atomic E-state index is 0.0334. The smallest absolute Gasteiger partial charge is 0.0703 e. The summed E-state index contributed by atoms with van der Waals surface area (Å²) in [5, 5.41) is 9.89. The Hall–Kier alpha value is 0.250. The van der Waals surface area contributed by atoms with Crippen molar-refractivity contribution in [3.05, 3.63) is 0 Å². The van der Waals surface area contributed by atoms with E-state index in [1.807, 2.05) is 0 Å². The molecule has 0 aliphatic rings. The van der Waals surface area contributed by atoms with Crippen LogP contribution in [-0.2, 0) is 0 Å². The topological polar surface area (TPSA) is 20.2 Å². The van der Waals surface area contributed by atoms with E-state index in [0.717, 1.165) is 25.7 Å². The molecule has 0 saturated carbocycles. The number of alkyl halides is 1. The minimum Gasteiger partial charge on any atom is -0.392 e. The minimum atomic E-state index is -0.298. The van der Waals surface area contributed by atoms with Gasteiger partial charge in [-0.05, 0) is 12.8 Å². The second-order valence-corrected chi connectivity index (χ2v) is 8.17. The molecule has 0 rings (SSSR count). The highest BCUT2D eigenvalue weighted by Gasteiger charge is 2.14. The highest BCUT2D eigenvalue weighted by atomic mass is 35.5. The highest BCUT2D eigenvalue weighted by molar-refractivity contribution is 6.21. The van der Waals surface area contributed by atoms with E-state index >= 15 is 0 Å². The molecule has 0 aromatic carbocycles. The number of halogens is 1. The van der Waals surface area contributed by atoms with Crippen LogP contribution in [0.3, 0.4) is 0 Å². The van der Waals surface area contributed by atoms with Crippen LogP contribution in [0, 0.1) is 0 Å². The van der Waals surface area contributed by atoms with E-state index in [4.69, 9.17) is 11.6 Å². The van der Waals surface area contributed by atoms with Gasteiger partial charge in [0.05, 0.1) is 11.5 Å². The molecular formula is C22H45ClO. The average molecular weight is 361 g/mol. The monoisotopic (exact) mass is 360 g/mol. The van der Waals surface area contributed by atoms with Crippen LogP contribution in [0.1, 0.15) is 129 Å². The number of aliphatic hydroxyl groups excluding tert-OH is 1. The molecule has 0 aliphatic heterocycles. The van der Waals surface area contributed by atoms with Crippen LogP contribution in [0.4, 0.5) is 0 Å². The van der Waals surface area contributed by atoms with Gasteiger partial charge in [-0.2, -0.15) is 0 Å². The second kappa shape index (κ2) is 19.6. The maximum Gasteiger partial charge on any atom is 0.0703 e. The molecule has 0 bridgehead atoms. The van der Waals surface area contributed by atoms with Crippen LogP contribution in [0.15, 0.2) is 0 Å². The van der Waals surface area contributed by atoms with Crippen molar-refractivity contribution in [2.24, 2.45) is 0 Å². The lowest BCUT2D eigenvalue weighted by atomic mass is 10.0. The van der Waals surface area contributed by atoms with Crippen molar-refractivity contribution in [2.75, 3.05) is 0 Å². The van der Waals surface area contributed by atoms with Crippen LogP contribution in [0.25, 0.3) is 0 Å². The molecule has 0 aromatic heterocycles. The zero-order valence-electron chi connectivity index (χ0n) is 16.7. The zero-order chi connectivity index (χ0) is 17.9. The number of rotatable bonds is 19. The van der Waals surface area contributed by atoms with E-state index in [2.05, 4.69) is 13.8 Å². The summed E-state index contributed by atoms with van der Waals surface area (Å²) in [6, 6.07) is 0. The van der Waals surface area contributed by atoms with Gasteiger partial charge in [0.1, 0.15) is 0 Å². The van der Waals surface area contributed by atoms with E-state index in [-0.39, 0.29) is 11.5 Å². The van der Waals surface area contributed by atoms with Crippen LogP contribution in [-0.4, -0.2) is 16.6 Å². The third kappa shape index (κ3) is 17.1. The van der Waals surface area contributed by atoms with Gasteiger partial charge >= 0.3 is 0 Å². The predicted octanol–water partition coefficient (Wildman–Crippen LogP) is 8.02. The lowest BCUT2D eigenvalue weighted by molar-refractivity contribution is 0.152. The predicted molar refractivity (Wildman–Crippen MR) is 110 cm³/mol. The van der Waals surface area contributed by atoms with Crippen molar-refractivity contribution in [2.45, 2.75) is 141 Å². The fourth-order valence-electron chi connectivity index (χ4n) is 3.32. The summed E-state index contributed by atoms with van der Waals surface area (Å²) < 4.78 is 0. The summed E-state index contributed by atoms with van der Waals surface area (Å²) in [5.41, 5.74) is 0. The Morgan fingerprint density at radius 2 is 0.917 bits per heavy atom. The molecule has 2 atom stereocenters. The maximum atomic E-state index is 9.92. The van der Waals surface area contributed by atoms with Gasteiger partial charge in [-0.1, -0.05) is 117 Å². The molecule has 0 amide bonds. The molecule has 0 spiro atoms. The van der Waals surface area contributed by atoms with Gasteiger partial charge in [0, 0.05) is 0 Å². The first kappa shape index (κ1) is 24.2. The molecule has 1 nitrogen and oxygen atoms in total. The summed E-state index contributed by atoms with van der Waals surface area (Å²) >= 11 is 6.27. The Labute approximate surface area is 158 Å². The first-order valence-electron chi connectivity index (χ1n) is 11.0. The Kier molecular flexibility index (Phi) is 19.8. The lowest BCUT2D eigenvalue weighted by Crippen LogP contribution is -2.20. The van der Waals surface area contributed by atoms with Gasteiger partial charge in [-0.15, -0.1) is 11.6 Å². The van der Waals surface area contributed by atoms with Crippen LogP contribution in [0.5, 0.6) is 0 Å². The van der Waals surface area contributed by atoms with Crippen molar-refractivity contribution in [1.29, 1.82) is 0 Å². The largest absolute Gasteiger partial charge is 0.392 e. The fraction of sp³-hybridized carbons (Fsp3) is 1.00. The standard InChI is InChI=1S/C22H45ClO/c1-3-5-7-8-9-10-11-12-13-14-15-16-17-18-19-21(23)22(24)20-6-4-2/h21-22,24H,3-20H2,1-2H3. The molecule has 1 N–H and O–H groups in total. The van der Waals surface area contributed by atoms with Gasteiger partial charge in [-0.25, -0.2) is 0 Å². The van der Waals surface area contributed by atoms with Crippen molar-refractivity contribution in [3.8, 4) is 0 Å². The summed E-state index contributed by atoms with van der Waals surface area (Å²) in [4.78, 5) is 0. The highest BCUT2D eigenvalue weighted by Crippen LogP contribution is 2.18. The van der Waals surface area contributed by atoms with Crippen molar-refractivity contribution in [3.63, 3.8) is 0 Å². The number of hydrogen-bond acceptors (Lipinski definition) is 1. The molecule has 0 radical (unpaired) electrons. The molecule has 0 fully saturated rings. The zero-order valence-corrected chi connectivity index (χ0v) is 17.5. The summed E-state index contributed by atoms with van der Waals surface area (Å²) in [6.45, 7) is 4.44. The summed E-state index contributed by atoms with van der Waals surface area (Å²) in [5.74, 6) is 0. The quantitative estimate of drug-likeness (QED) is 0.182. The normalized spacial score (nSPS) is 14.0. The first-order valence-corrected chi connectivity index (χ1v) is 11.5. The molecule has 0 saturated heterocycles. The fourth-order valence-corrected chi connectivity index (χ4v) is 3.60. The lowest BCUT2D eigenvalue weighted by Gasteiger charge is -2.16. The van der Waals surface area contributed by atoms with Gasteiger partial charge < -0.3 is 5.11 Å². The van der Waals surface area contributed by atoms with E-state index in [1.165, 1.54) is 89.9 Å². The van der Waals surface area contributed by atoms with Crippen molar-refractivity contribution >= 4 is 11.6 Å². The Balaban J connectivity index is 3.17. The van der Waals surface area contributed by atoms with Gasteiger partial charge in [0.15, 0.2) is 0 Å². The van der Waals surface area contributed by atoms with Gasteiger partial charge in [0.2, 0.25) is 0 Å². The molecule has 24 heavy (non-hydrogen) atoms. The van der Waals surface area contributed by atoms with Gasteiger partial charge in [-0.3, -0.25) is 0 Å². The third-order valence-electron chi connectivity index (χ3n) is 5.10.